The molecule has 2 amide bonds. The van der Waals surface area contributed by atoms with Gasteiger partial charge in [-0.2, -0.15) is 10.1 Å². The summed E-state index contributed by atoms with van der Waals surface area (Å²) in [6.45, 7) is 6.90. The summed E-state index contributed by atoms with van der Waals surface area (Å²) in [7, 11) is 0. The number of nitrogens with one attached hydrogen (secondary N) is 1. The Kier molecular flexibility index (Phi) is 5.67. The molecule has 0 saturated carbocycles. The van der Waals surface area contributed by atoms with E-state index in [0.717, 1.165) is 44.7 Å². The molecule has 0 aromatic carbocycles. The Hall–Kier alpha value is -2.38. The molecule has 1 fully saturated rings. The van der Waals surface area contributed by atoms with Gasteiger partial charge in [0.05, 0.1) is 0 Å². The minimum Gasteiger partial charge on any atom is -0.340 e. The number of hydrogen-bond donors (Lipinski definition) is 1. The number of piperidine rings is 1. The van der Waals surface area contributed by atoms with Crippen LogP contribution in [-0.2, 0) is 13.0 Å². The van der Waals surface area contributed by atoms with Gasteiger partial charge in [-0.05, 0) is 30.7 Å². The van der Waals surface area contributed by atoms with Crippen LogP contribution in [0.4, 0.5) is 4.79 Å². The van der Waals surface area contributed by atoms with Gasteiger partial charge in [-0.15, -0.1) is 0 Å². The van der Waals surface area contributed by atoms with E-state index in [9.17, 15) is 4.79 Å². The smallest absolute Gasteiger partial charge is 0.317 e. The molecule has 0 bridgehead atoms. The highest BCUT2D eigenvalue weighted by Crippen LogP contribution is 2.20. The monoisotopic (exact) mass is 346 g/mol. The van der Waals surface area contributed by atoms with Crippen LogP contribution < -0.4 is 5.32 Å². The van der Waals surface area contributed by atoms with Gasteiger partial charge in [0, 0.05) is 51.9 Å². The van der Waals surface area contributed by atoms with E-state index < -0.39 is 0 Å². The minimum atomic E-state index is 0.0151. The highest BCUT2D eigenvalue weighted by molar-refractivity contribution is 5.74. The zero-order valence-corrected chi connectivity index (χ0v) is 14.9. The van der Waals surface area contributed by atoms with Crippen molar-refractivity contribution < 1.29 is 9.32 Å². The van der Waals surface area contributed by atoms with Gasteiger partial charge in [0.15, 0.2) is 5.82 Å². The lowest BCUT2D eigenvalue weighted by atomic mass is 9.95. The summed E-state index contributed by atoms with van der Waals surface area (Å²) >= 11 is 0. The maximum absolute atomic E-state index is 12.4. The second kappa shape index (κ2) is 8.13. The normalized spacial score (nSPS) is 19.0. The molecule has 1 saturated heterocycles. The van der Waals surface area contributed by atoms with E-state index in [0.29, 0.717) is 24.3 Å². The summed E-state index contributed by atoms with van der Waals surface area (Å²) in [6, 6.07) is 1.92. The van der Waals surface area contributed by atoms with Gasteiger partial charge < -0.3 is 14.7 Å². The molecule has 0 aliphatic carbocycles. The first-order valence-electron chi connectivity index (χ1n) is 8.89. The third-order valence-corrected chi connectivity index (χ3v) is 4.51. The van der Waals surface area contributed by atoms with Gasteiger partial charge in [0.25, 0.3) is 0 Å². The van der Waals surface area contributed by atoms with Gasteiger partial charge in [-0.3, -0.25) is 4.68 Å². The molecule has 136 valence electrons. The molecule has 0 radical (unpaired) electrons. The fourth-order valence-electron chi connectivity index (χ4n) is 3.26. The van der Waals surface area contributed by atoms with Crippen LogP contribution in [0.3, 0.4) is 0 Å². The molecule has 1 aliphatic heterocycles. The second-order valence-electron chi connectivity index (χ2n) is 6.91. The summed E-state index contributed by atoms with van der Waals surface area (Å²) < 4.78 is 6.92. The highest BCUT2D eigenvalue weighted by Gasteiger charge is 2.25. The number of urea groups is 1. The van der Waals surface area contributed by atoms with Crippen molar-refractivity contribution in [3.8, 4) is 0 Å². The lowest BCUT2D eigenvalue weighted by molar-refractivity contribution is 0.162. The Morgan fingerprint density at radius 2 is 2.40 bits per heavy atom. The van der Waals surface area contributed by atoms with Crippen LogP contribution in [0.1, 0.15) is 31.5 Å². The van der Waals surface area contributed by atoms with Gasteiger partial charge >= 0.3 is 6.03 Å². The van der Waals surface area contributed by atoms with Crippen molar-refractivity contribution in [2.24, 2.45) is 11.8 Å². The average Bonchev–Trinajstić information content (AvgIpc) is 3.25. The number of rotatable bonds is 6. The predicted octanol–water partition coefficient (Wildman–Crippen LogP) is 1.87. The average molecular weight is 346 g/mol. The van der Waals surface area contributed by atoms with Crippen molar-refractivity contribution in [3.63, 3.8) is 0 Å². The molecule has 3 heterocycles. The predicted molar refractivity (Wildman–Crippen MR) is 91.8 cm³/mol. The van der Waals surface area contributed by atoms with Crippen molar-refractivity contribution in [2.45, 2.75) is 39.7 Å². The molecule has 25 heavy (non-hydrogen) atoms. The molecule has 3 rings (SSSR count). The van der Waals surface area contributed by atoms with Crippen LogP contribution in [0.5, 0.6) is 0 Å². The molecule has 0 spiro atoms. The topological polar surface area (TPSA) is 89.1 Å². The van der Waals surface area contributed by atoms with Crippen molar-refractivity contribution in [1.29, 1.82) is 0 Å². The molecule has 8 nitrogen and oxygen atoms in total. The first-order valence-corrected chi connectivity index (χ1v) is 8.89. The highest BCUT2D eigenvalue weighted by atomic mass is 16.5. The number of hydrogen-bond acceptors (Lipinski definition) is 5. The molecule has 2 atom stereocenters. The molecule has 8 heteroatoms. The van der Waals surface area contributed by atoms with Crippen molar-refractivity contribution in [2.75, 3.05) is 19.6 Å². The van der Waals surface area contributed by atoms with Crippen molar-refractivity contribution >= 4 is 6.03 Å². The third-order valence-electron chi connectivity index (χ3n) is 4.51. The number of amides is 2. The first kappa shape index (κ1) is 17.4. The Morgan fingerprint density at radius 1 is 1.52 bits per heavy atom. The van der Waals surface area contributed by atoms with Crippen LogP contribution >= 0.6 is 0 Å². The van der Waals surface area contributed by atoms with Crippen LogP contribution in [0, 0.1) is 18.8 Å². The summed E-state index contributed by atoms with van der Waals surface area (Å²) in [5.74, 6) is 2.04. The standard InChI is InChI=1S/C17H26N6O2/c1-13(11-23-8-4-6-19-23)10-18-17(24)22-7-3-5-15(12-22)9-16-20-14(2)25-21-16/h4,6,8,13,15H,3,5,7,9-12H2,1-2H3,(H,18,24). The van der Waals surface area contributed by atoms with Crippen LogP contribution in [0.25, 0.3) is 0 Å². The molecule has 2 aromatic heterocycles. The molecular weight excluding hydrogens is 320 g/mol. The Morgan fingerprint density at radius 3 is 3.12 bits per heavy atom. The lowest BCUT2D eigenvalue weighted by Crippen LogP contribution is -2.47. The zero-order valence-electron chi connectivity index (χ0n) is 14.9. The molecular formula is C17H26N6O2. The molecule has 2 unspecified atom stereocenters. The molecule has 2 aromatic rings. The Bertz CT molecular complexity index is 668. The number of carbonyl (C=O) groups is 1. The number of likely N-dealkylation sites (tertiary alicyclic amines) is 1. The lowest BCUT2D eigenvalue weighted by Gasteiger charge is -2.32. The fraction of sp³-hybridized carbons (Fsp3) is 0.647. The first-order chi connectivity index (χ1) is 12.1. The Labute approximate surface area is 147 Å². The van der Waals surface area contributed by atoms with Crippen LogP contribution in [0.15, 0.2) is 23.0 Å². The maximum Gasteiger partial charge on any atom is 0.317 e. The number of nitrogens with zero attached hydrogens (tertiary/aromatic N) is 5. The zero-order chi connectivity index (χ0) is 17.6. The van der Waals surface area contributed by atoms with Gasteiger partial charge in [0.1, 0.15) is 0 Å². The second-order valence-corrected chi connectivity index (χ2v) is 6.91. The van der Waals surface area contributed by atoms with E-state index in [2.05, 4.69) is 27.5 Å². The maximum atomic E-state index is 12.4. The van der Waals surface area contributed by atoms with Gasteiger partial charge in [0.2, 0.25) is 5.89 Å². The van der Waals surface area contributed by atoms with Crippen molar-refractivity contribution in [1.82, 2.24) is 30.1 Å². The molecule has 1 aliphatic rings. The quantitative estimate of drug-likeness (QED) is 0.862. The number of carbonyl (C=O) groups excluding carboxylic acids is 1. The number of aryl methyl sites for hydroxylation is 1. The Balaban J connectivity index is 1.43. The summed E-state index contributed by atoms with van der Waals surface area (Å²) in [5, 5.41) is 11.2. The van der Waals surface area contributed by atoms with E-state index >= 15 is 0 Å². The summed E-state index contributed by atoms with van der Waals surface area (Å²) in [5.41, 5.74) is 0. The summed E-state index contributed by atoms with van der Waals surface area (Å²) in [4.78, 5) is 18.6. The SMILES string of the molecule is Cc1nc(CC2CCCN(C(=O)NCC(C)Cn3cccn3)C2)no1. The molecule has 1 N–H and O–H groups in total. The largest absolute Gasteiger partial charge is 0.340 e. The van der Waals surface area contributed by atoms with E-state index in [1.165, 1.54) is 0 Å². The van der Waals surface area contributed by atoms with Gasteiger partial charge in [-0.25, -0.2) is 4.79 Å². The van der Waals surface area contributed by atoms with E-state index in [1.54, 1.807) is 13.1 Å². The third kappa shape index (κ3) is 5.04. The van der Waals surface area contributed by atoms with E-state index in [-0.39, 0.29) is 6.03 Å². The van der Waals surface area contributed by atoms with E-state index in [1.807, 2.05) is 21.8 Å². The van der Waals surface area contributed by atoms with Crippen molar-refractivity contribution in [3.05, 3.63) is 30.2 Å². The van der Waals surface area contributed by atoms with Crippen LogP contribution in [-0.4, -0.2) is 50.5 Å². The summed E-state index contributed by atoms with van der Waals surface area (Å²) in [6.07, 6.45) is 6.57. The van der Waals surface area contributed by atoms with Gasteiger partial charge in [-0.1, -0.05) is 12.1 Å². The van der Waals surface area contributed by atoms with Crippen LogP contribution in [0.2, 0.25) is 0 Å². The fourth-order valence-corrected chi connectivity index (χ4v) is 3.26. The number of aromatic nitrogens is 4. The van der Waals surface area contributed by atoms with E-state index in [4.69, 9.17) is 4.52 Å². The minimum absolute atomic E-state index is 0.0151.